The van der Waals surface area contributed by atoms with E-state index in [9.17, 15) is 19.4 Å². The highest BCUT2D eigenvalue weighted by atomic mass is 31.2. The molecule has 1 amide bonds. The van der Waals surface area contributed by atoms with Crippen LogP contribution in [0.4, 0.5) is 0 Å². The van der Waals surface area contributed by atoms with E-state index in [1.807, 2.05) is 40.2 Å². The van der Waals surface area contributed by atoms with E-state index in [4.69, 9.17) is 9.05 Å². The molecule has 0 aliphatic heterocycles. The van der Waals surface area contributed by atoms with Gasteiger partial charge in [-0.3, -0.25) is 9.36 Å². The van der Waals surface area contributed by atoms with Crippen LogP contribution in [0.1, 0.15) is 168 Å². The number of hydrogen-bond donors (Lipinski definition) is 2. The van der Waals surface area contributed by atoms with Gasteiger partial charge in [0.15, 0.2) is 0 Å². The van der Waals surface area contributed by atoms with Gasteiger partial charge in [0.25, 0.3) is 7.82 Å². The van der Waals surface area contributed by atoms with Gasteiger partial charge in [0, 0.05) is 6.42 Å². The molecule has 0 aromatic carbocycles. The Hall–Kier alpha value is -2.84. The lowest BCUT2D eigenvalue weighted by Gasteiger charge is -2.29. The van der Waals surface area contributed by atoms with E-state index in [2.05, 4.69) is 103 Å². The van der Waals surface area contributed by atoms with Crippen LogP contribution in [-0.2, 0) is 18.4 Å². The van der Waals surface area contributed by atoms with Crippen LogP contribution in [-0.4, -0.2) is 68.5 Å². The molecule has 0 spiro atoms. The quantitative estimate of drug-likeness (QED) is 0.0274. The first-order valence-electron chi connectivity index (χ1n) is 24.2. The van der Waals surface area contributed by atoms with Crippen molar-refractivity contribution in [2.75, 3.05) is 40.9 Å². The Kier molecular flexibility index (Phi) is 41.4. The molecular formula is C53H91N2O6P. The normalized spacial score (nSPS) is 15.1. The average Bonchev–Trinajstić information content (AvgIpc) is 3.23. The first-order valence-corrected chi connectivity index (χ1v) is 25.7. The van der Waals surface area contributed by atoms with Crippen molar-refractivity contribution < 1.29 is 32.9 Å². The van der Waals surface area contributed by atoms with E-state index in [0.29, 0.717) is 17.4 Å². The number of aliphatic hydroxyl groups excluding tert-OH is 1. The molecular weight excluding hydrogens is 792 g/mol. The molecule has 0 radical (unpaired) electrons. The predicted octanol–water partition coefficient (Wildman–Crippen LogP) is 13.4. The summed E-state index contributed by atoms with van der Waals surface area (Å²) in [6, 6.07) is -0.915. The van der Waals surface area contributed by atoms with Gasteiger partial charge in [0.05, 0.1) is 39.9 Å². The minimum absolute atomic E-state index is 0.0150. The number of rotatable bonds is 42. The van der Waals surface area contributed by atoms with Crippen LogP contribution < -0.4 is 10.2 Å². The van der Waals surface area contributed by atoms with E-state index in [1.54, 1.807) is 6.08 Å². The third-order valence-electron chi connectivity index (χ3n) is 10.0. The largest absolute Gasteiger partial charge is 0.756 e. The van der Waals surface area contributed by atoms with Gasteiger partial charge in [0.2, 0.25) is 5.91 Å². The summed E-state index contributed by atoms with van der Waals surface area (Å²) < 4.78 is 23.1. The summed E-state index contributed by atoms with van der Waals surface area (Å²) in [5.74, 6) is -0.223. The number of allylic oxidation sites excluding steroid dienone is 17. The second-order valence-electron chi connectivity index (χ2n) is 17.1. The number of hydrogen-bond acceptors (Lipinski definition) is 6. The van der Waals surface area contributed by atoms with E-state index in [1.165, 1.54) is 64.2 Å². The fourth-order valence-corrected chi connectivity index (χ4v) is 6.98. The summed E-state index contributed by atoms with van der Waals surface area (Å²) >= 11 is 0. The van der Waals surface area contributed by atoms with E-state index in [0.717, 1.165) is 83.5 Å². The number of aliphatic hydroxyl groups is 1. The Morgan fingerprint density at radius 1 is 0.597 bits per heavy atom. The Labute approximate surface area is 381 Å². The van der Waals surface area contributed by atoms with Gasteiger partial charge in [-0.25, -0.2) is 0 Å². The van der Waals surface area contributed by atoms with Crippen molar-refractivity contribution in [3.63, 3.8) is 0 Å². The van der Waals surface area contributed by atoms with Crippen molar-refractivity contribution in [1.82, 2.24) is 5.32 Å². The molecule has 0 bridgehead atoms. The van der Waals surface area contributed by atoms with Crippen molar-refractivity contribution in [3.05, 3.63) is 109 Å². The lowest BCUT2D eigenvalue weighted by Crippen LogP contribution is -2.45. The predicted molar refractivity (Wildman–Crippen MR) is 265 cm³/mol. The first kappa shape index (κ1) is 59.2. The van der Waals surface area contributed by atoms with Gasteiger partial charge in [-0.2, -0.15) is 0 Å². The smallest absolute Gasteiger partial charge is 0.268 e. The van der Waals surface area contributed by atoms with Crippen molar-refractivity contribution in [2.45, 2.75) is 180 Å². The molecule has 0 saturated heterocycles. The molecule has 3 unspecified atom stereocenters. The second-order valence-corrected chi connectivity index (χ2v) is 18.5. The molecule has 8 nitrogen and oxygen atoms in total. The number of quaternary nitrogens is 1. The maximum Gasteiger partial charge on any atom is 0.268 e. The molecule has 9 heteroatoms. The molecule has 62 heavy (non-hydrogen) atoms. The fraction of sp³-hybridized carbons (Fsp3) is 0.642. The van der Waals surface area contributed by atoms with Gasteiger partial charge >= 0.3 is 0 Å². The van der Waals surface area contributed by atoms with Gasteiger partial charge in [-0.05, 0) is 90.4 Å². The lowest BCUT2D eigenvalue weighted by atomic mass is 10.0. The van der Waals surface area contributed by atoms with Gasteiger partial charge in [-0.1, -0.05) is 181 Å². The molecule has 354 valence electrons. The summed E-state index contributed by atoms with van der Waals surface area (Å²) in [6.45, 7) is 4.24. The molecule has 0 heterocycles. The van der Waals surface area contributed by atoms with Crippen LogP contribution in [0, 0.1) is 0 Å². The second kappa shape index (κ2) is 43.4. The topological polar surface area (TPSA) is 108 Å². The summed E-state index contributed by atoms with van der Waals surface area (Å²) in [4.78, 5) is 25.3. The van der Waals surface area contributed by atoms with Crippen molar-refractivity contribution in [1.29, 1.82) is 0 Å². The number of carbonyl (C=O) groups excluding carboxylic acids is 1. The highest BCUT2D eigenvalue weighted by molar-refractivity contribution is 7.45. The minimum Gasteiger partial charge on any atom is -0.756 e. The first-order chi connectivity index (χ1) is 30.0. The van der Waals surface area contributed by atoms with Crippen molar-refractivity contribution in [3.8, 4) is 0 Å². The number of nitrogens with zero attached hydrogens (tertiary/aromatic N) is 1. The van der Waals surface area contributed by atoms with Crippen molar-refractivity contribution in [2.24, 2.45) is 0 Å². The maximum absolute atomic E-state index is 12.8. The van der Waals surface area contributed by atoms with Crippen LogP contribution in [0.5, 0.6) is 0 Å². The highest BCUT2D eigenvalue weighted by Gasteiger charge is 2.23. The highest BCUT2D eigenvalue weighted by Crippen LogP contribution is 2.38. The lowest BCUT2D eigenvalue weighted by molar-refractivity contribution is -0.870. The SMILES string of the molecule is C/C=C/CC/C=C/CC/C=C/C(O)C(COP(=O)([O-])OCC[N+](C)(C)C)NC(=O)CCCCCCCCCCCCCC/C=C\C/C=C\C/C=C\C/C=C\C/C=C\C/C=C\CC. The molecule has 0 saturated carbocycles. The van der Waals surface area contributed by atoms with E-state index >= 15 is 0 Å². The zero-order valence-corrected chi connectivity index (χ0v) is 40.9. The molecule has 0 rings (SSSR count). The summed E-state index contributed by atoms with van der Waals surface area (Å²) in [6.07, 6.45) is 63.3. The monoisotopic (exact) mass is 883 g/mol. The van der Waals surface area contributed by atoms with Crippen molar-refractivity contribution >= 4 is 13.7 Å². The minimum atomic E-state index is -4.60. The molecule has 2 N–H and O–H groups in total. The van der Waals surface area contributed by atoms with E-state index in [-0.39, 0.29) is 12.5 Å². The number of nitrogens with one attached hydrogen (secondary N) is 1. The van der Waals surface area contributed by atoms with Gasteiger partial charge in [-0.15, -0.1) is 0 Å². The number of likely N-dealkylation sites (N-methyl/N-ethyl adjacent to an activating group) is 1. The number of carbonyl (C=O) groups is 1. The van der Waals surface area contributed by atoms with Crippen LogP contribution in [0.2, 0.25) is 0 Å². The Morgan fingerprint density at radius 2 is 1.02 bits per heavy atom. The molecule has 0 aliphatic rings. The number of unbranched alkanes of at least 4 members (excludes halogenated alkanes) is 14. The summed E-state index contributed by atoms with van der Waals surface area (Å²) in [5.41, 5.74) is 0. The van der Waals surface area contributed by atoms with Crippen LogP contribution in [0.15, 0.2) is 109 Å². The molecule has 0 aromatic rings. The summed E-state index contributed by atoms with van der Waals surface area (Å²) in [7, 11) is 1.21. The zero-order chi connectivity index (χ0) is 45.7. The molecule has 0 fully saturated rings. The molecule has 0 aliphatic carbocycles. The third kappa shape index (κ3) is 45.2. The molecule has 0 aromatic heterocycles. The number of amides is 1. The average molecular weight is 883 g/mol. The molecule has 3 atom stereocenters. The van der Waals surface area contributed by atoms with Crippen LogP contribution in [0.3, 0.4) is 0 Å². The Balaban J connectivity index is 4.12. The zero-order valence-electron chi connectivity index (χ0n) is 40.0. The van der Waals surface area contributed by atoms with Gasteiger partial charge < -0.3 is 28.8 Å². The number of phosphoric acid groups is 1. The standard InChI is InChI=1S/C53H91N2O6P/c1-6-8-10-12-14-16-17-18-19-20-21-22-23-24-25-26-27-28-29-30-31-32-33-34-35-36-37-39-41-43-45-47-53(57)54-51(50-61-62(58,59)60-49-48-55(3,4)5)52(56)46-44-42-40-38-15-13-11-9-7-2/h7-10,14-16,18-19,21-22,24-25,27-28,38,44,46,51-52,56H,6,11-13,17,20,23,26,29-37,39-43,45,47-50H2,1-5H3,(H-,54,57,58,59)/b9-7+,10-8-,16-14-,19-18-,22-21-,25-24-,28-27-,38-15+,46-44+. The third-order valence-corrected chi connectivity index (χ3v) is 11.0. The fourth-order valence-electron chi connectivity index (χ4n) is 6.25. The number of phosphoric ester groups is 1. The van der Waals surface area contributed by atoms with Gasteiger partial charge in [0.1, 0.15) is 13.2 Å². The summed E-state index contributed by atoms with van der Waals surface area (Å²) in [5, 5.41) is 13.7. The Bertz CT molecular complexity index is 1370. The van der Waals surface area contributed by atoms with Crippen LogP contribution in [0.25, 0.3) is 0 Å². The van der Waals surface area contributed by atoms with Crippen LogP contribution >= 0.6 is 7.82 Å². The maximum atomic E-state index is 12.8. The van der Waals surface area contributed by atoms with E-state index < -0.39 is 26.6 Å². The Morgan fingerprint density at radius 3 is 1.50 bits per heavy atom.